The van der Waals surface area contributed by atoms with Crippen LogP contribution in [0.15, 0.2) is 95.1 Å². The van der Waals surface area contributed by atoms with Crippen LogP contribution in [0, 0.1) is 12.8 Å². The van der Waals surface area contributed by atoms with Gasteiger partial charge in [-0.15, -0.1) is 11.3 Å². The molecule has 2 atom stereocenters. The average Bonchev–Trinajstić information content (AvgIpc) is 3.92. The maximum absolute atomic E-state index is 14.2. The highest BCUT2D eigenvalue weighted by molar-refractivity contribution is 7.15. The van der Waals surface area contributed by atoms with E-state index < -0.39 is 5.60 Å². The third-order valence-electron chi connectivity index (χ3n) is 10.3. The van der Waals surface area contributed by atoms with Gasteiger partial charge in [0.25, 0.3) is 5.56 Å². The molecule has 2 saturated heterocycles. The van der Waals surface area contributed by atoms with Crippen molar-refractivity contribution >= 4 is 39.6 Å². The van der Waals surface area contributed by atoms with E-state index in [-0.39, 0.29) is 29.8 Å². The lowest BCUT2D eigenvalue weighted by Gasteiger charge is -2.43. The van der Waals surface area contributed by atoms with Gasteiger partial charge in [-0.2, -0.15) is 11.3 Å². The smallest absolute Gasteiger partial charge is 0.262 e. The van der Waals surface area contributed by atoms with Gasteiger partial charge < -0.3 is 14.6 Å². The summed E-state index contributed by atoms with van der Waals surface area (Å²) in [5.74, 6) is 0.0734. The first-order valence-electron chi connectivity index (χ1n) is 17.1. The second-order valence-corrected chi connectivity index (χ2v) is 15.5. The summed E-state index contributed by atoms with van der Waals surface area (Å²) in [4.78, 5) is 46.9. The standard InChI is InChI=1S/C38H39N7O3S2/c1-26-7-8-28(19-39-26)35-40-20-30(50-35)21-42-14-9-31(33(22-42)27-5-3-2-4-6-27)36(46)43-16-12-38(48,13-17-43)24-44-25-41-34-32(37(44)47)10-15-45(34)29-11-18-49-23-29/h2-8,10-11,15,18-20,23,25,31,33,48H,9,12-14,16-17,21-22,24H2,1H3/t31-,33+/m1/s1. The van der Waals surface area contributed by atoms with Crippen LogP contribution in [0.4, 0.5) is 0 Å². The van der Waals surface area contributed by atoms with Crippen molar-refractivity contribution in [1.29, 1.82) is 0 Å². The Labute approximate surface area is 298 Å². The zero-order valence-corrected chi connectivity index (χ0v) is 29.5. The van der Waals surface area contributed by atoms with E-state index in [2.05, 4.69) is 38.1 Å². The van der Waals surface area contributed by atoms with Gasteiger partial charge in [-0.1, -0.05) is 30.3 Å². The summed E-state index contributed by atoms with van der Waals surface area (Å²) in [6, 6.07) is 18.2. The quantitative estimate of drug-likeness (QED) is 0.215. The van der Waals surface area contributed by atoms with Crippen molar-refractivity contribution in [2.45, 2.75) is 50.8 Å². The monoisotopic (exact) mass is 705 g/mol. The first-order chi connectivity index (χ1) is 24.3. The molecular formula is C38H39N7O3S2. The summed E-state index contributed by atoms with van der Waals surface area (Å²) >= 11 is 3.29. The Morgan fingerprint density at radius 3 is 2.60 bits per heavy atom. The van der Waals surface area contributed by atoms with E-state index in [1.165, 1.54) is 21.3 Å². The largest absolute Gasteiger partial charge is 0.388 e. The number of thiophene rings is 1. The lowest BCUT2D eigenvalue weighted by atomic mass is 9.79. The summed E-state index contributed by atoms with van der Waals surface area (Å²) in [5, 5.41) is 17.1. The Morgan fingerprint density at radius 2 is 1.84 bits per heavy atom. The number of rotatable bonds is 8. The van der Waals surface area contributed by atoms with Gasteiger partial charge in [0, 0.05) is 78.1 Å². The molecule has 6 aromatic rings. The van der Waals surface area contributed by atoms with Crippen molar-refractivity contribution in [1.82, 2.24) is 33.9 Å². The SMILES string of the molecule is Cc1ccc(-c2ncc(CN3CC[C@@H](C(=O)N4CCC(O)(Cn5cnc6c(ccn6-c6ccsc6)c5=O)CC4)[C@H](c4ccccc4)C3)s2)cn1. The predicted molar refractivity (Wildman–Crippen MR) is 197 cm³/mol. The van der Waals surface area contributed by atoms with Crippen LogP contribution in [0.2, 0.25) is 0 Å². The molecule has 2 fully saturated rings. The Kier molecular flexibility index (Phi) is 8.94. The van der Waals surface area contributed by atoms with Gasteiger partial charge in [0.05, 0.1) is 23.2 Å². The third kappa shape index (κ3) is 6.56. The zero-order valence-electron chi connectivity index (χ0n) is 27.9. The van der Waals surface area contributed by atoms with Gasteiger partial charge in [0.1, 0.15) is 11.3 Å². The maximum atomic E-state index is 14.2. The molecule has 8 rings (SSSR count). The number of pyridine rings is 1. The fraction of sp³-hybridized carbons (Fsp3) is 0.342. The van der Waals surface area contributed by atoms with Gasteiger partial charge in [-0.3, -0.25) is 24.0 Å². The number of amides is 1. The van der Waals surface area contributed by atoms with Crippen molar-refractivity contribution in [2.24, 2.45) is 5.92 Å². The highest BCUT2D eigenvalue weighted by Crippen LogP contribution is 2.37. The van der Waals surface area contributed by atoms with Crippen LogP contribution in [0.1, 0.15) is 41.3 Å². The number of likely N-dealkylation sites (tertiary alicyclic amines) is 2. The molecule has 0 unspecified atom stereocenters. The predicted octanol–water partition coefficient (Wildman–Crippen LogP) is 5.74. The highest BCUT2D eigenvalue weighted by Gasteiger charge is 2.41. The molecule has 1 amide bonds. The molecular weight excluding hydrogens is 667 g/mol. The first-order valence-corrected chi connectivity index (χ1v) is 18.8. The molecule has 0 radical (unpaired) electrons. The lowest BCUT2D eigenvalue weighted by Crippen LogP contribution is -2.53. The van der Waals surface area contributed by atoms with Crippen molar-refractivity contribution in [3.63, 3.8) is 0 Å². The van der Waals surface area contributed by atoms with E-state index in [0.29, 0.717) is 37.0 Å². The van der Waals surface area contributed by atoms with Crippen LogP contribution in [-0.4, -0.2) is 76.7 Å². The molecule has 0 bridgehead atoms. The highest BCUT2D eigenvalue weighted by atomic mass is 32.1. The molecule has 0 spiro atoms. The van der Waals surface area contributed by atoms with Gasteiger partial charge in [-0.05, 0) is 67.9 Å². The fourth-order valence-electron chi connectivity index (χ4n) is 7.45. The van der Waals surface area contributed by atoms with Crippen molar-refractivity contribution in [3.8, 4) is 16.3 Å². The Morgan fingerprint density at radius 1 is 1.00 bits per heavy atom. The van der Waals surface area contributed by atoms with Crippen LogP contribution in [0.25, 0.3) is 27.3 Å². The summed E-state index contributed by atoms with van der Waals surface area (Å²) in [6.07, 6.45) is 8.80. The van der Waals surface area contributed by atoms with Crippen LogP contribution < -0.4 is 5.56 Å². The molecule has 5 aromatic heterocycles. The number of aliphatic hydroxyl groups is 1. The number of nitrogens with zero attached hydrogens (tertiary/aromatic N) is 7. The number of hydrogen-bond donors (Lipinski definition) is 1. The number of piperidine rings is 2. The minimum absolute atomic E-state index is 0.0599. The number of hydrogen-bond acceptors (Lipinski definition) is 9. The molecule has 50 heavy (non-hydrogen) atoms. The second-order valence-electron chi connectivity index (χ2n) is 13.6. The van der Waals surface area contributed by atoms with E-state index in [0.717, 1.165) is 48.0 Å². The molecule has 1 N–H and O–H groups in total. The van der Waals surface area contributed by atoms with Crippen LogP contribution in [-0.2, 0) is 17.9 Å². The normalized spacial score (nSPS) is 19.6. The van der Waals surface area contributed by atoms with Gasteiger partial charge >= 0.3 is 0 Å². The summed E-state index contributed by atoms with van der Waals surface area (Å²) < 4.78 is 3.42. The molecule has 12 heteroatoms. The second kappa shape index (κ2) is 13.7. The molecule has 0 aliphatic carbocycles. The van der Waals surface area contributed by atoms with Gasteiger partial charge in [-0.25, -0.2) is 9.97 Å². The number of aromatic nitrogens is 5. The maximum Gasteiger partial charge on any atom is 0.262 e. The fourth-order valence-corrected chi connectivity index (χ4v) is 9.02. The van der Waals surface area contributed by atoms with E-state index in [9.17, 15) is 14.7 Å². The van der Waals surface area contributed by atoms with Crippen LogP contribution in [0.5, 0.6) is 0 Å². The molecule has 256 valence electrons. The molecule has 0 saturated carbocycles. The molecule has 10 nitrogen and oxygen atoms in total. The van der Waals surface area contributed by atoms with E-state index in [4.69, 9.17) is 0 Å². The van der Waals surface area contributed by atoms with Crippen LogP contribution in [0.3, 0.4) is 0 Å². The summed E-state index contributed by atoms with van der Waals surface area (Å²) in [5.41, 5.74) is 3.49. The Balaban J connectivity index is 0.929. The number of thiazole rings is 1. The van der Waals surface area contributed by atoms with Crippen molar-refractivity contribution in [3.05, 3.63) is 117 Å². The van der Waals surface area contributed by atoms with Gasteiger partial charge in [0.2, 0.25) is 5.91 Å². The minimum atomic E-state index is -1.10. The topological polar surface area (TPSA) is 109 Å². The zero-order chi connectivity index (χ0) is 34.2. The number of aryl methyl sites for hydroxylation is 1. The van der Waals surface area contributed by atoms with Crippen molar-refractivity contribution in [2.75, 3.05) is 26.2 Å². The summed E-state index contributed by atoms with van der Waals surface area (Å²) in [6.45, 7) is 5.42. The number of carbonyl (C=O) groups excluding carboxylic acids is 1. The van der Waals surface area contributed by atoms with Gasteiger partial charge in [0.15, 0.2) is 5.65 Å². The first kappa shape index (κ1) is 32.7. The number of fused-ring (bicyclic) bond motifs is 1. The molecule has 1 aromatic carbocycles. The minimum Gasteiger partial charge on any atom is -0.388 e. The van der Waals surface area contributed by atoms with Crippen molar-refractivity contribution < 1.29 is 9.90 Å². The number of carbonyl (C=O) groups is 1. The molecule has 2 aliphatic heterocycles. The lowest BCUT2D eigenvalue weighted by molar-refractivity contribution is -0.142. The number of benzene rings is 1. The Hall–Kier alpha value is -4.49. The molecule has 7 heterocycles. The molecule has 2 aliphatic rings. The van der Waals surface area contributed by atoms with E-state index in [1.54, 1.807) is 28.7 Å². The Bertz CT molecular complexity index is 2150. The average molecular weight is 706 g/mol. The third-order valence-corrected chi connectivity index (χ3v) is 12.0. The van der Waals surface area contributed by atoms with E-state index in [1.807, 2.05) is 76.1 Å². The van der Waals surface area contributed by atoms with Crippen LogP contribution >= 0.6 is 22.7 Å². The van der Waals surface area contributed by atoms with E-state index >= 15 is 0 Å². The summed E-state index contributed by atoms with van der Waals surface area (Å²) in [7, 11) is 0.